The largest absolute Gasteiger partial charge is 0.481 e. The summed E-state index contributed by atoms with van der Waals surface area (Å²) in [5.74, 6) is -0.914. The number of carbonyl (C=O) groups is 2. The van der Waals surface area contributed by atoms with Crippen LogP contribution in [0.5, 0.6) is 0 Å². The van der Waals surface area contributed by atoms with Gasteiger partial charge in [0.15, 0.2) is 0 Å². The van der Waals surface area contributed by atoms with Gasteiger partial charge in [-0.3, -0.25) is 9.59 Å². The molecule has 0 aromatic rings. The Morgan fingerprint density at radius 2 is 2.15 bits per heavy atom. The summed E-state index contributed by atoms with van der Waals surface area (Å²) in [5, 5.41) is 9.04. The van der Waals surface area contributed by atoms with Gasteiger partial charge in [0.25, 0.3) is 0 Å². The van der Waals surface area contributed by atoms with Crippen molar-refractivity contribution in [2.75, 3.05) is 0 Å². The van der Waals surface area contributed by atoms with Crippen molar-refractivity contribution >= 4 is 11.8 Å². The molecule has 0 unspecified atom stereocenters. The minimum Gasteiger partial charge on any atom is -0.481 e. The minimum absolute atomic E-state index is 0.156. The van der Waals surface area contributed by atoms with Crippen LogP contribution in [-0.4, -0.2) is 16.9 Å². The van der Waals surface area contributed by atoms with Crippen LogP contribution < -0.4 is 0 Å². The van der Waals surface area contributed by atoms with Crippen LogP contribution in [-0.2, 0) is 9.59 Å². The Morgan fingerprint density at radius 3 is 2.54 bits per heavy atom. The molecule has 2 fully saturated rings. The molecule has 3 heteroatoms. The van der Waals surface area contributed by atoms with E-state index >= 15 is 0 Å². The molecule has 3 atom stereocenters. The Hall–Kier alpha value is -0.860. The van der Waals surface area contributed by atoms with E-state index in [1.165, 1.54) is 0 Å². The molecule has 0 bridgehead atoms. The van der Waals surface area contributed by atoms with Crippen LogP contribution >= 0.6 is 0 Å². The Balaban J connectivity index is 2.30. The number of aliphatic carboxylic acids is 1. The van der Waals surface area contributed by atoms with Gasteiger partial charge in [-0.2, -0.15) is 0 Å². The predicted octanol–water partition coefficient (Wildman–Crippen LogP) is 1.32. The third-order valence-corrected chi connectivity index (χ3v) is 3.60. The summed E-state index contributed by atoms with van der Waals surface area (Å²) in [4.78, 5) is 22.3. The maximum absolute atomic E-state index is 11.3. The maximum Gasteiger partial charge on any atom is 0.307 e. The summed E-state index contributed by atoms with van der Waals surface area (Å²) < 4.78 is 0. The van der Waals surface area contributed by atoms with Crippen LogP contribution in [0.1, 0.15) is 26.7 Å². The quantitative estimate of drug-likeness (QED) is 0.665. The predicted molar refractivity (Wildman–Crippen MR) is 46.1 cm³/mol. The lowest BCUT2D eigenvalue weighted by Crippen LogP contribution is -2.41. The second-order valence-electron chi connectivity index (χ2n) is 4.96. The highest BCUT2D eigenvalue weighted by Crippen LogP contribution is 2.57. The molecule has 1 N–H and O–H groups in total. The fraction of sp³-hybridized carbons (Fsp3) is 0.800. The smallest absolute Gasteiger partial charge is 0.307 e. The molecule has 0 aliphatic heterocycles. The zero-order valence-electron chi connectivity index (χ0n) is 7.91. The lowest BCUT2D eigenvalue weighted by Gasteiger charge is -2.31. The highest BCUT2D eigenvalue weighted by molar-refractivity contribution is 5.92. The molecule has 2 rings (SSSR count). The molecule has 72 valence electrons. The second kappa shape index (κ2) is 2.34. The van der Waals surface area contributed by atoms with Gasteiger partial charge in [-0.1, -0.05) is 13.8 Å². The molecule has 2 aliphatic carbocycles. The third kappa shape index (κ3) is 1.02. The monoisotopic (exact) mass is 182 g/mol. The van der Waals surface area contributed by atoms with E-state index in [2.05, 4.69) is 0 Å². The fourth-order valence-electron chi connectivity index (χ4n) is 3.06. The van der Waals surface area contributed by atoms with Gasteiger partial charge in [-0.15, -0.1) is 0 Å². The second-order valence-corrected chi connectivity index (χ2v) is 4.96. The molecule has 2 aliphatic rings. The normalized spacial score (nSPS) is 41.1. The molecule has 0 aromatic heterocycles. The maximum atomic E-state index is 11.3. The fourth-order valence-corrected chi connectivity index (χ4v) is 3.06. The topological polar surface area (TPSA) is 54.4 Å². The average molecular weight is 182 g/mol. The van der Waals surface area contributed by atoms with Crippen molar-refractivity contribution < 1.29 is 14.7 Å². The van der Waals surface area contributed by atoms with E-state index in [9.17, 15) is 9.59 Å². The van der Waals surface area contributed by atoms with E-state index < -0.39 is 11.9 Å². The first kappa shape index (κ1) is 8.73. The van der Waals surface area contributed by atoms with Gasteiger partial charge in [0, 0.05) is 12.3 Å². The van der Waals surface area contributed by atoms with Crippen molar-refractivity contribution in [3.05, 3.63) is 0 Å². The van der Waals surface area contributed by atoms with E-state index in [1.54, 1.807) is 0 Å². The minimum atomic E-state index is -0.800. The van der Waals surface area contributed by atoms with Gasteiger partial charge in [0.1, 0.15) is 5.78 Å². The van der Waals surface area contributed by atoms with Crippen molar-refractivity contribution in [2.45, 2.75) is 26.7 Å². The van der Waals surface area contributed by atoms with E-state index in [4.69, 9.17) is 5.11 Å². The first-order chi connectivity index (χ1) is 5.93. The van der Waals surface area contributed by atoms with E-state index in [-0.39, 0.29) is 17.1 Å². The molecule has 0 spiro atoms. The van der Waals surface area contributed by atoms with Crippen molar-refractivity contribution in [3.8, 4) is 0 Å². The van der Waals surface area contributed by atoms with Crippen LogP contribution in [0.4, 0.5) is 0 Å². The highest BCUT2D eigenvalue weighted by atomic mass is 16.4. The average Bonchev–Trinajstić information content (AvgIpc) is 2.18. The molecule has 0 saturated heterocycles. The standard InChI is InChI=1S/C10H14O3/c1-10(2)4-5-3-6(11)7(5)8(10)9(12)13/h5,7-8H,3-4H2,1-2H3,(H,12,13)/t5-,7+,8-/m0/s1. The molecular formula is C10H14O3. The van der Waals surface area contributed by atoms with Gasteiger partial charge >= 0.3 is 5.97 Å². The van der Waals surface area contributed by atoms with Crippen molar-refractivity contribution in [2.24, 2.45) is 23.2 Å². The molecule has 2 saturated carbocycles. The molecule has 0 aromatic carbocycles. The molecule has 13 heavy (non-hydrogen) atoms. The van der Waals surface area contributed by atoms with Crippen LogP contribution in [0, 0.1) is 23.2 Å². The molecule has 3 nitrogen and oxygen atoms in total. The number of hydrogen-bond acceptors (Lipinski definition) is 2. The van der Waals surface area contributed by atoms with Crippen LogP contribution in [0.2, 0.25) is 0 Å². The van der Waals surface area contributed by atoms with Crippen molar-refractivity contribution in [1.29, 1.82) is 0 Å². The molecular weight excluding hydrogens is 168 g/mol. The van der Waals surface area contributed by atoms with Gasteiger partial charge in [-0.05, 0) is 17.8 Å². The van der Waals surface area contributed by atoms with Gasteiger partial charge in [-0.25, -0.2) is 0 Å². The summed E-state index contributed by atoms with van der Waals surface area (Å²) in [6.07, 6.45) is 1.50. The van der Waals surface area contributed by atoms with Crippen LogP contribution in [0.15, 0.2) is 0 Å². The number of carboxylic acid groups (broad SMARTS) is 1. The van der Waals surface area contributed by atoms with Crippen molar-refractivity contribution in [1.82, 2.24) is 0 Å². The Labute approximate surface area is 77.1 Å². The number of carbonyl (C=O) groups excluding carboxylic acids is 1. The zero-order valence-corrected chi connectivity index (χ0v) is 7.91. The van der Waals surface area contributed by atoms with Gasteiger partial charge in [0.2, 0.25) is 0 Å². The summed E-state index contributed by atoms with van der Waals surface area (Å²) in [6, 6.07) is 0. The molecule has 0 heterocycles. The summed E-state index contributed by atoms with van der Waals surface area (Å²) in [5.41, 5.74) is -0.201. The number of carboxylic acids is 1. The summed E-state index contributed by atoms with van der Waals surface area (Å²) in [6.45, 7) is 3.91. The number of Topliss-reactive ketones (excluding diaryl/α,β-unsaturated/α-hetero) is 1. The Kier molecular flexibility index (Phi) is 1.57. The van der Waals surface area contributed by atoms with E-state index in [0.29, 0.717) is 12.3 Å². The van der Waals surface area contributed by atoms with Crippen molar-refractivity contribution in [3.63, 3.8) is 0 Å². The summed E-state index contributed by atoms with van der Waals surface area (Å²) >= 11 is 0. The molecule has 0 amide bonds. The molecule has 0 radical (unpaired) electrons. The van der Waals surface area contributed by atoms with Crippen LogP contribution in [0.3, 0.4) is 0 Å². The number of hydrogen-bond donors (Lipinski definition) is 1. The zero-order chi connectivity index (χ0) is 9.80. The number of rotatable bonds is 1. The third-order valence-electron chi connectivity index (χ3n) is 3.60. The lowest BCUT2D eigenvalue weighted by atomic mass is 9.70. The van der Waals surface area contributed by atoms with E-state index in [1.807, 2.05) is 13.8 Å². The van der Waals surface area contributed by atoms with Gasteiger partial charge < -0.3 is 5.11 Å². The number of fused-ring (bicyclic) bond motifs is 1. The number of ketones is 1. The highest BCUT2D eigenvalue weighted by Gasteiger charge is 2.59. The SMILES string of the molecule is CC1(C)C[C@@H]2CC(=O)[C@@H]2[C@H]1C(=O)O. The lowest BCUT2D eigenvalue weighted by molar-refractivity contribution is -0.152. The first-order valence-electron chi connectivity index (χ1n) is 4.69. The Morgan fingerprint density at radius 1 is 1.54 bits per heavy atom. The Bertz CT molecular complexity index is 280. The van der Waals surface area contributed by atoms with E-state index in [0.717, 1.165) is 6.42 Å². The summed E-state index contributed by atoms with van der Waals surface area (Å²) in [7, 11) is 0. The van der Waals surface area contributed by atoms with Gasteiger partial charge in [0.05, 0.1) is 5.92 Å². The first-order valence-corrected chi connectivity index (χ1v) is 4.69. The van der Waals surface area contributed by atoms with Crippen LogP contribution in [0.25, 0.3) is 0 Å².